The Balaban J connectivity index is 1.64. The summed E-state index contributed by atoms with van der Waals surface area (Å²) in [6, 6.07) is 10.2. The van der Waals surface area contributed by atoms with Crippen LogP contribution < -0.4 is 16.0 Å². The Kier molecular flexibility index (Phi) is 4.80. The number of rotatable bonds is 7. The molecule has 4 heteroatoms. The molecule has 1 aliphatic carbocycles. The van der Waals surface area contributed by atoms with Crippen LogP contribution in [0.15, 0.2) is 30.3 Å². The van der Waals surface area contributed by atoms with Gasteiger partial charge in [0.2, 0.25) is 5.91 Å². The van der Waals surface area contributed by atoms with Crippen LogP contribution in [-0.4, -0.2) is 32.1 Å². The number of hydrogen-bond acceptors (Lipinski definition) is 3. The van der Waals surface area contributed by atoms with E-state index in [2.05, 4.69) is 22.3 Å². The van der Waals surface area contributed by atoms with Gasteiger partial charge in [-0.1, -0.05) is 18.2 Å². The molecule has 1 unspecified atom stereocenters. The lowest BCUT2D eigenvalue weighted by Gasteiger charge is -2.19. The summed E-state index contributed by atoms with van der Waals surface area (Å²) in [5.41, 5.74) is 7.09. The van der Waals surface area contributed by atoms with E-state index in [9.17, 15) is 4.79 Å². The molecular weight excluding hydrogens is 238 g/mol. The Morgan fingerprint density at radius 1 is 1.42 bits per heavy atom. The number of nitrogens with one attached hydrogen (secondary N) is 1. The highest BCUT2D eigenvalue weighted by Crippen LogP contribution is 2.32. The maximum Gasteiger partial charge on any atom is 0.221 e. The molecule has 0 bridgehead atoms. The van der Waals surface area contributed by atoms with E-state index >= 15 is 0 Å². The lowest BCUT2D eigenvalue weighted by molar-refractivity contribution is -0.121. The van der Waals surface area contributed by atoms with E-state index in [0.29, 0.717) is 18.9 Å². The molecular formula is C15H23N3O. The minimum absolute atomic E-state index is 0.0480. The summed E-state index contributed by atoms with van der Waals surface area (Å²) in [4.78, 5) is 13.8. The number of anilines is 1. The number of benzene rings is 1. The van der Waals surface area contributed by atoms with Crippen molar-refractivity contribution in [2.24, 2.45) is 11.7 Å². The van der Waals surface area contributed by atoms with E-state index in [-0.39, 0.29) is 11.9 Å². The van der Waals surface area contributed by atoms with Crippen LogP contribution in [-0.2, 0) is 4.79 Å². The standard InChI is InChI=1S/C15H23N3O/c1-18(13-5-3-2-4-6-13)10-9-17-15(19)11-14(16)12-7-8-12/h2-6,12,14H,7-11,16H2,1H3,(H,17,19). The van der Waals surface area contributed by atoms with Crippen LogP contribution in [0.4, 0.5) is 5.69 Å². The largest absolute Gasteiger partial charge is 0.373 e. The molecule has 0 spiro atoms. The molecule has 104 valence electrons. The molecule has 1 aromatic rings. The van der Waals surface area contributed by atoms with Crippen molar-refractivity contribution >= 4 is 11.6 Å². The van der Waals surface area contributed by atoms with Crippen LogP contribution in [0.1, 0.15) is 19.3 Å². The van der Waals surface area contributed by atoms with Crippen molar-refractivity contribution in [1.29, 1.82) is 0 Å². The molecule has 1 fully saturated rings. The quantitative estimate of drug-likeness (QED) is 0.779. The van der Waals surface area contributed by atoms with E-state index in [1.807, 2.05) is 25.2 Å². The van der Waals surface area contributed by atoms with Gasteiger partial charge in [-0.2, -0.15) is 0 Å². The Bertz CT molecular complexity index is 403. The number of para-hydroxylation sites is 1. The zero-order valence-corrected chi connectivity index (χ0v) is 11.5. The van der Waals surface area contributed by atoms with Gasteiger partial charge in [-0.15, -0.1) is 0 Å². The van der Waals surface area contributed by atoms with E-state index in [1.54, 1.807) is 0 Å². The summed E-state index contributed by atoms with van der Waals surface area (Å²) in [5, 5.41) is 2.94. The second-order valence-corrected chi connectivity index (χ2v) is 5.31. The predicted octanol–water partition coefficient (Wildman–Crippen LogP) is 1.37. The molecule has 0 heterocycles. The maximum absolute atomic E-state index is 11.7. The van der Waals surface area contributed by atoms with Gasteiger partial charge in [-0.05, 0) is 30.9 Å². The fourth-order valence-electron chi connectivity index (χ4n) is 2.15. The average Bonchev–Trinajstić information content (AvgIpc) is 3.24. The number of nitrogens with zero attached hydrogens (tertiary/aromatic N) is 1. The number of amides is 1. The van der Waals surface area contributed by atoms with E-state index < -0.39 is 0 Å². The number of likely N-dealkylation sites (N-methyl/N-ethyl adjacent to an activating group) is 1. The molecule has 0 aromatic heterocycles. The van der Waals surface area contributed by atoms with Gasteiger partial charge in [0.25, 0.3) is 0 Å². The van der Waals surface area contributed by atoms with Crippen LogP contribution in [0.2, 0.25) is 0 Å². The lowest BCUT2D eigenvalue weighted by Crippen LogP contribution is -2.36. The number of carbonyl (C=O) groups excluding carboxylic acids is 1. The molecule has 3 N–H and O–H groups in total. The monoisotopic (exact) mass is 261 g/mol. The molecule has 0 aliphatic heterocycles. The number of nitrogens with two attached hydrogens (primary N) is 1. The Labute approximate surface area is 115 Å². The minimum atomic E-state index is 0.0480. The molecule has 1 aromatic carbocycles. The van der Waals surface area contributed by atoms with Crippen molar-refractivity contribution in [3.8, 4) is 0 Å². The van der Waals surface area contributed by atoms with Crippen LogP contribution in [0.5, 0.6) is 0 Å². The van der Waals surface area contributed by atoms with Crippen LogP contribution in [0.3, 0.4) is 0 Å². The fourth-order valence-corrected chi connectivity index (χ4v) is 2.15. The lowest BCUT2D eigenvalue weighted by atomic mass is 10.1. The molecule has 0 radical (unpaired) electrons. The van der Waals surface area contributed by atoms with Crippen molar-refractivity contribution in [2.75, 3.05) is 25.0 Å². The summed E-state index contributed by atoms with van der Waals surface area (Å²) >= 11 is 0. The Hall–Kier alpha value is -1.55. The molecule has 4 nitrogen and oxygen atoms in total. The molecule has 1 amide bonds. The third kappa shape index (κ3) is 4.56. The van der Waals surface area contributed by atoms with Gasteiger partial charge in [-0.25, -0.2) is 0 Å². The fraction of sp³-hybridized carbons (Fsp3) is 0.533. The third-order valence-corrected chi connectivity index (χ3v) is 3.61. The zero-order chi connectivity index (χ0) is 13.7. The number of hydrogen-bond donors (Lipinski definition) is 2. The highest BCUT2D eigenvalue weighted by atomic mass is 16.1. The van der Waals surface area contributed by atoms with Crippen LogP contribution in [0.25, 0.3) is 0 Å². The first-order chi connectivity index (χ1) is 9.16. The van der Waals surface area contributed by atoms with Crippen molar-refractivity contribution in [3.05, 3.63) is 30.3 Å². The van der Waals surface area contributed by atoms with E-state index in [0.717, 1.165) is 12.2 Å². The Morgan fingerprint density at radius 2 is 2.11 bits per heavy atom. The van der Waals surface area contributed by atoms with Gasteiger partial charge >= 0.3 is 0 Å². The second-order valence-electron chi connectivity index (χ2n) is 5.31. The topological polar surface area (TPSA) is 58.4 Å². The normalized spacial score (nSPS) is 15.9. The van der Waals surface area contributed by atoms with Gasteiger partial charge < -0.3 is 16.0 Å². The van der Waals surface area contributed by atoms with Crippen LogP contribution >= 0.6 is 0 Å². The van der Waals surface area contributed by atoms with E-state index in [4.69, 9.17) is 5.73 Å². The van der Waals surface area contributed by atoms with Crippen molar-refractivity contribution in [3.63, 3.8) is 0 Å². The van der Waals surface area contributed by atoms with Crippen LogP contribution in [0, 0.1) is 5.92 Å². The van der Waals surface area contributed by atoms with Gasteiger partial charge in [0, 0.05) is 38.3 Å². The van der Waals surface area contributed by atoms with Crippen molar-refractivity contribution in [2.45, 2.75) is 25.3 Å². The average molecular weight is 261 g/mol. The second kappa shape index (κ2) is 6.57. The highest BCUT2D eigenvalue weighted by Gasteiger charge is 2.29. The summed E-state index contributed by atoms with van der Waals surface area (Å²) in [6.45, 7) is 1.45. The van der Waals surface area contributed by atoms with Gasteiger partial charge in [0.05, 0.1) is 0 Å². The molecule has 1 atom stereocenters. The molecule has 1 aliphatic rings. The first-order valence-electron chi connectivity index (χ1n) is 6.95. The summed E-state index contributed by atoms with van der Waals surface area (Å²) in [6.07, 6.45) is 2.83. The van der Waals surface area contributed by atoms with Gasteiger partial charge in [0.1, 0.15) is 0 Å². The maximum atomic E-state index is 11.7. The summed E-state index contributed by atoms with van der Waals surface area (Å²) in [7, 11) is 2.03. The smallest absolute Gasteiger partial charge is 0.221 e. The zero-order valence-electron chi connectivity index (χ0n) is 11.5. The SMILES string of the molecule is CN(CCNC(=O)CC(N)C1CC1)c1ccccc1. The van der Waals surface area contributed by atoms with Gasteiger partial charge in [0.15, 0.2) is 0 Å². The van der Waals surface area contributed by atoms with Crippen molar-refractivity contribution in [1.82, 2.24) is 5.32 Å². The molecule has 2 rings (SSSR count). The van der Waals surface area contributed by atoms with Crippen molar-refractivity contribution < 1.29 is 4.79 Å². The first kappa shape index (κ1) is 13.9. The number of carbonyl (C=O) groups is 1. The predicted molar refractivity (Wildman–Crippen MR) is 78.0 cm³/mol. The first-order valence-corrected chi connectivity index (χ1v) is 6.95. The third-order valence-electron chi connectivity index (χ3n) is 3.61. The molecule has 19 heavy (non-hydrogen) atoms. The van der Waals surface area contributed by atoms with E-state index in [1.165, 1.54) is 12.8 Å². The summed E-state index contributed by atoms with van der Waals surface area (Å²) < 4.78 is 0. The van der Waals surface area contributed by atoms with Gasteiger partial charge in [-0.3, -0.25) is 4.79 Å². The summed E-state index contributed by atoms with van der Waals surface area (Å²) in [5.74, 6) is 0.651. The molecule has 1 saturated carbocycles. The minimum Gasteiger partial charge on any atom is -0.373 e. The highest BCUT2D eigenvalue weighted by molar-refractivity contribution is 5.76. The Morgan fingerprint density at radius 3 is 2.74 bits per heavy atom. The molecule has 0 saturated heterocycles.